The largest absolute Gasteiger partial charge is 0.434 e. The van der Waals surface area contributed by atoms with Gasteiger partial charge in [0.05, 0.1) is 23.4 Å². The number of allylic oxidation sites excluding steroid dienone is 1. The van der Waals surface area contributed by atoms with Gasteiger partial charge in [-0.2, -0.15) is 14.0 Å². The monoisotopic (exact) mass is 613 g/mol. The fourth-order valence-corrected chi connectivity index (χ4v) is 5.68. The van der Waals surface area contributed by atoms with Crippen LogP contribution in [0.5, 0.6) is 5.75 Å². The smallest absolute Gasteiger partial charge is 0.387 e. The second-order valence-corrected chi connectivity index (χ2v) is 11.0. The maximum absolute atomic E-state index is 13.4. The first-order valence-electron chi connectivity index (χ1n) is 13.9. The molecule has 0 aliphatic carbocycles. The molecule has 2 amide bonds. The SMILES string of the molecule is CSc1ccc(OC(F)F)c(C2NN(CC(=O)N3CCN(CCCC#N)CC3)C=C2NC(=O)C2=C3N=CC=CN3NC2)c1. The van der Waals surface area contributed by atoms with E-state index in [1.807, 2.05) is 6.26 Å². The quantitative estimate of drug-likeness (QED) is 0.252. The number of carbonyl (C=O) groups is 2. The molecule has 0 saturated carbocycles. The average molecular weight is 614 g/mol. The predicted molar refractivity (Wildman–Crippen MR) is 156 cm³/mol. The average Bonchev–Trinajstić information content (AvgIpc) is 3.61. The molecule has 0 spiro atoms. The van der Waals surface area contributed by atoms with Crippen molar-refractivity contribution < 1.29 is 23.1 Å². The molecule has 4 aliphatic heterocycles. The zero-order chi connectivity index (χ0) is 30.3. The molecule has 5 rings (SSSR count). The summed E-state index contributed by atoms with van der Waals surface area (Å²) in [7, 11) is 0. The van der Waals surface area contributed by atoms with Crippen molar-refractivity contribution in [1.82, 2.24) is 36.0 Å². The number of unbranched alkanes of at least 4 members (excludes halogenated alkanes) is 1. The van der Waals surface area contributed by atoms with E-state index in [4.69, 9.17) is 10.00 Å². The van der Waals surface area contributed by atoms with E-state index in [-0.39, 0.29) is 24.7 Å². The molecule has 3 N–H and O–H groups in total. The van der Waals surface area contributed by atoms with Gasteiger partial charge in [-0.3, -0.25) is 19.5 Å². The number of amides is 2. The Kier molecular flexibility index (Phi) is 9.93. The number of alkyl halides is 2. The molecule has 1 saturated heterocycles. The molecule has 12 nitrogen and oxygen atoms in total. The van der Waals surface area contributed by atoms with Gasteiger partial charge in [0, 0.05) is 68.2 Å². The fourth-order valence-electron chi connectivity index (χ4n) is 5.23. The van der Waals surface area contributed by atoms with Gasteiger partial charge in [0.1, 0.15) is 12.3 Å². The summed E-state index contributed by atoms with van der Waals surface area (Å²) in [5, 5.41) is 14.9. The first-order valence-corrected chi connectivity index (χ1v) is 15.1. The number of ether oxygens (including phenoxy) is 1. The Bertz CT molecular complexity index is 1390. The summed E-state index contributed by atoms with van der Waals surface area (Å²) in [6.07, 6.45) is 9.87. The summed E-state index contributed by atoms with van der Waals surface area (Å²) in [6.45, 7) is 0.568. The molecule has 1 aromatic rings. The lowest BCUT2D eigenvalue weighted by atomic mass is 10.0. The minimum absolute atomic E-state index is 0.0318. The Morgan fingerprint density at radius 3 is 2.84 bits per heavy atom. The van der Waals surface area contributed by atoms with Crippen molar-refractivity contribution in [3.05, 3.63) is 59.3 Å². The molecular weight excluding hydrogens is 580 g/mol. The second-order valence-electron chi connectivity index (χ2n) is 10.1. The number of thioether (sulfide) groups is 1. The summed E-state index contributed by atoms with van der Waals surface area (Å²) in [6, 6.07) is 6.27. The van der Waals surface area contributed by atoms with Crippen molar-refractivity contribution >= 4 is 29.8 Å². The normalized spacial score (nSPS) is 20.0. The predicted octanol–water partition coefficient (Wildman–Crippen LogP) is 1.91. The minimum atomic E-state index is -3.04. The molecule has 15 heteroatoms. The highest BCUT2D eigenvalue weighted by atomic mass is 32.2. The van der Waals surface area contributed by atoms with Gasteiger partial charge >= 0.3 is 6.61 Å². The van der Waals surface area contributed by atoms with E-state index in [2.05, 4.69) is 32.1 Å². The van der Waals surface area contributed by atoms with E-state index in [0.717, 1.165) is 31.0 Å². The summed E-state index contributed by atoms with van der Waals surface area (Å²) in [4.78, 5) is 35.8. The summed E-state index contributed by atoms with van der Waals surface area (Å²) < 4.78 is 31.6. The molecule has 0 bridgehead atoms. The zero-order valence-corrected chi connectivity index (χ0v) is 24.4. The lowest BCUT2D eigenvalue weighted by Gasteiger charge is -2.35. The van der Waals surface area contributed by atoms with Crippen LogP contribution in [0.3, 0.4) is 0 Å². The van der Waals surface area contributed by atoms with Crippen molar-refractivity contribution in [2.75, 3.05) is 52.1 Å². The maximum atomic E-state index is 13.4. The summed E-state index contributed by atoms with van der Waals surface area (Å²) >= 11 is 1.44. The molecule has 1 unspecified atom stereocenters. The molecule has 1 atom stereocenters. The van der Waals surface area contributed by atoms with Crippen LogP contribution in [0.1, 0.15) is 24.4 Å². The van der Waals surface area contributed by atoms with Crippen LogP contribution in [0.25, 0.3) is 0 Å². The Morgan fingerprint density at radius 2 is 2.09 bits per heavy atom. The van der Waals surface area contributed by atoms with Gasteiger partial charge in [-0.15, -0.1) is 11.8 Å². The molecule has 228 valence electrons. The third-order valence-corrected chi connectivity index (χ3v) is 8.14. The molecule has 1 aromatic carbocycles. The van der Waals surface area contributed by atoms with Gasteiger partial charge in [-0.1, -0.05) is 0 Å². The summed E-state index contributed by atoms with van der Waals surface area (Å²) in [5.74, 6) is -0.0944. The molecule has 0 aromatic heterocycles. The number of halogens is 2. The highest BCUT2D eigenvalue weighted by Crippen LogP contribution is 2.36. The van der Waals surface area contributed by atoms with E-state index < -0.39 is 18.6 Å². The number of aliphatic imine (C=N–C) groups is 1. The third-order valence-electron chi connectivity index (χ3n) is 7.41. The van der Waals surface area contributed by atoms with Crippen LogP contribution < -0.4 is 20.9 Å². The second kappa shape index (κ2) is 14.0. The van der Waals surface area contributed by atoms with Crippen LogP contribution in [0.4, 0.5) is 8.78 Å². The van der Waals surface area contributed by atoms with Crippen LogP contribution in [0, 0.1) is 11.3 Å². The van der Waals surface area contributed by atoms with Crippen molar-refractivity contribution in [2.24, 2.45) is 4.99 Å². The molecule has 4 heterocycles. The number of hydrogen-bond donors (Lipinski definition) is 3. The van der Waals surface area contributed by atoms with Gasteiger partial charge in [0.15, 0.2) is 5.82 Å². The van der Waals surface area contributed by atoms with E-state index >= 15 is 0 Å². The molecular formula is C28H33F2N9O3S. The van der Waals surface area contributed by atoms with Gasteiger partial charge < -0.3 is 20.0 Å². The number of piperazine rings is 1. The van der Waals surface area contributed by atoms with Crippen molar-refractivity contribution in [3.8, 4) is 11.8 Å². The first kappa shape index (κ1) is 30.5. The van der Waals surface area contributed by atoms with Gasteiger partial charge in [-0.05, 0) is 43.5 Å². The summed E-state index contributed by atoms with van der Waals surface area (Å²) in [5.41, 5.74) is 7.45. The molecule has 43 heavy (non-hydrogen) atoms. The molecule has 4 aliphatic rings. The van der Waals surface area contributed by atoms with Crippen LogP contribution in [-0.2, 0) is 9.59 Å². The van der Waals surface area contributed by atoms with E-state index in [1.54, 1.807) is 51.7 Å². The van der Waals surface area contributed by atoms with E-state index in [0.29, 0.717) is 42.2 Å². The fraction of sp³-hybridized carbons (Fsp3) is 0.429. The Morgan fingerprint density at radius 1 is 1.28 bits per heavy atom. The number of fused-ring (bicyclic) bond motifs is 1. The van der Waals surface area contributed by atoms with Crippen LogP contribution >= 0.6 is 11.8 Å². The zero-order valence-electron chi connectivity index (χ0n) is 23.6. The lowest BCUT2D eigenvalue weighted by Crippen LogP contribution is -2.51. The molecule has 1 fully saturated rings. The van der Waals surface area contributed by atoms with Crippen molar-refractivity contribution in [2.45, 2.75) is 30.4 Å². The minimum Gasteiger partial charge on any atom is -0.434 e. The first-order chi connectivity index (χ1) is 20.9. The molecule has 0 radical (unpaired) electrons. The number of nitrogens with one attached hydrogen (secondary N) is 3. The van der Waals surface area contributed by atoms with Crippen molar-refractivity contribution in [1.29, 1.82) is 5.26 Å². The highest BCUT2D eigenvalue weighted by molar-refractivity contribution is 7.98. The van der Waals surface area contributed by atoms with Gasteiger partial charge in [-0.25, -0.2) is 15.8 Å². The Labute approximate surface area is 252 Å². The Hall–Kier alpha value is -3.97. The number of hydrogen-bond acceptors (Lipinski definition) is 11. The highest BCUT2D eigenvalue weighted by Gasteiger charge is 2.34. The van der Waals surface area contributed by atoms with Gasteiger partial charge in [0.25, 0.3) is 5.91 Å². The standard InChI is InChI=1S/C28H33F2N9O3S/c1-43-19-5-6-23(42-28(29)30)20(15-19)25-22(34-27(41)21-16-33-39-10-4-8-32-26(21)39)17-38(35-25)18-24(40)37-13-11-36(12-14-37)9-3-2-7-31/h4-6,8,10,15,17,25,28,33,35H,2-3,9,11-14,16,18H2,1H3,(H,34,41). The third kappa shape index (κ3) is 7.34. The van der Waals surface area contributed by atoms with Crippen molar-refractivity contribution in [3.63, 3.8) is 0 Å². The number of carbonyl (C=O) groups excluding carboxylic acids is 2. The number of nitrogens with zero attached hydrogens (tertiary/aromatic N) is 6. The number of nitriles is 1. The van der Waals surface area contributed by atoms with Crippen LogP contribution in [0.2, 0.25) is 0 Å². The number of hydrazine groups is 2. The van der Waals surface area contributed by atoms with E-state index in [1.165, 1.54) is 17.8 Å². The lowest BCUT2D eigenvalue weighted by molar-refractivity contribution is -0.134. The number of rotatable bonds is 11. The van der Waals surface area contributed by atoms with Gasteiger partial charge in [0.2, 0.25) is 5.91 Å². The Balaban J connectivity index is 1.34. The van der Waals surface area contributed by atoms with Crippen LogP contribution in [0.15, 0.2) is 63.7 Å². The topological polar surface area (TPSA) is 129 Å². The maximum Gasteiger partial charge on any atom is 0.387 e. The van der Waals surface area contributed by atoms with E-state index in [9.17, 15) is 18.4 Å². The number of benzene rings is 1. The van der Waals surface area contributed by atoms with Crippen LogP contribution in [-0.4, -0.2) is 96.5 Å².